The van der Waals surface area contributed by atoms with Crippen molar-refractivity contribution < 1.29 is 14.9 Å². The SMILES string of the molecule is O=C(Nc1ncc(Cl)s1)/C(=C/c1cccs1)c1ccc([N+](=O)O)cc1. The number of carbonyl (C=O) groups excluding carboxylic acids is 1. The van der Waals surface area contributed by atoms with Gasteiger partial charge in [-0.2, -0.15) is 0 Å². The lowest BCUT2D eigenvalue weighted by Crippen LogP contribution is -2.13. The molecule has 9 heteroatoms. The summed E-state index contributed by atoms with van der Waals surface area (Å²) >= 11 is 8.49. The van der Waals surface area contributed by atoms with Gasteiger partial charge in [0.2, 0.25) is 0 Å². The van der Waals surface area contributed by atoms with Gasteiger partial charge in [0.1, 0.15) is 4.34 Å². The molecule has 0 unspecified atom stereocenters. The third-order valence-corrected chi connectivity index (χ3v) is 5.02. The molecule has 2 heterocycles. The standard InChI is InChI=1S/C16H10ClN3O3S2/c17-14-9-18-16(25-14)19-15(21)13(8-12-2-1-7-24-12)10-3-5-11(6-4-10)20(22)23/h1-9H,(H-,18,19,21,22,23)/p+1/b13-8+. The first-order valence-corrected chi connectivity index (χ1v) is 9.05. The van der Waals surface area contributed by atoms with Gasteiger partial charge < -0.3 is 0 Å². The minimum atomic E-state index is -0.352. The number of hydrogen-bond donors (Lipinski definition) is 2. The summed E-state index contributed by atoms with van der Waals surface area (Å²) in [6.07, 6.45) is 3.21. The number of amides is 1. The molecule has 0 fully saturated rings. The van der Waals surface area contributed by atoms with E-state index >= 15 is 0 Å². The fourth-order valence-electron chi connectivity index (χ4n) is 2.04. The smallest absolute Gasteiger partial charge is 0.298 e. The Hall–Kier alpha value is -2.55. The van der Waals surface area contributed by atoms with Crippen molar-refractivity contribution in [3.05, 3.63) is 67.7 Å². The van der Waals surface area contributed by atoms with Gasteiger partial charge in [-0.1, -0.05) is 29.0 Å². The van der Waals surface area contributed by atoms with Crippen LogP contribution >= 0.6 is 34.3 Å². The molecule has 0 atom stereocenters. The summed E-state index contributed by atoms with van der Waals surface area (Å²) in [5, 5.41) is 13.9. The van der Waals surface area contributed by atoms with Crippen LogP contribution in [-0.2, 0) is 4.79 Å². The molecule has 1 amide bonds. The van der Waals surface area contributed by atoms with Crippen LogP contribution in [0.5, 0.6) is 0 Å². The molecule has 0 radical (unpaired) electrons. The summed E-state index contributed by atoms with van der Waals surface area (Å²) in [5.74, 6) is -0.352. The van der Waals surface area contributed by atoms with Crippen LogP contribution in [0, 0.1) is 4.91 Å². The molecule has 1 aromatic carbocycles. The average Bonchev–Trinajstić information content (AvgIpc) is 3.24. The molecule has 3 rings (SSSR count). The van der Waals surface area contributed by atoms with Gasteiger partial charge in [0, 0.05) is 22.6 Å². The highest BCUT2D eigenvalue weighted by Gasteiger charge is 2.17. The molecular formula is C16H11ClN3O3S2+. The topological polar surface area (TPSA) is 82.3 Å². The third-order valence-electron chi connectivity index (χ3n) is 3.17. The monoisotopic (exact) mass is 392 g/mol. The van der Waals surface area contributed by atoms with Crippen molar-refractivity contribution in [2.24, 2.45) is 0 Å². The second-order valence-electron chi connectivity index (χ2n) is 4.82. The molecule has 0 aliphatic carbocycles. The first-order chi connectivity index (χ1) is 12.0. The molecule has 0 spiro atoms. The Morgan fingerprint density at radius 3 is 2.60 bits per heavy atom. The van der Waals surface area contributed by atoms with Gasteiger partial charge in [0.15, 0.2) is 5.13 Å². The number of thiazole rings is 1. The summed E-state index contributed by atoms with van der Waals surface area (Å²) < 4.78 is 0.474. The van der Waals surface area contributed by atoms with Gasteiger partial charge in [-0.15, -0.1) is 11.3 Å². The summed E-state index contributed by atoms with van der Waals surface area (Å²) in [5.41, 5.74) is 1.07. The van der Waals surface area contributed by atoms with Crippen LogP contribution in [0.1, 0.15) is 10.4 Å². The van der Waals surface area contributed by atoms with Crippen LogP contribution in [0.4, 0.5) is 10.8 Å². The predicted octanol–water partition coefficient (Wildman–Crippen LogP) is 4.84. The van der Waals surface area contributed by atoms with Crippen LogP contribution in [0.2, 0.25) is 4.34 Å². The Balaban J connectivity index is 1.94. The average molecular weight is 393 g/mol. The number of rotatable bonds is 5. The molecule has 2 N–H and O–H groups in total. The van der Waals surface area contributed by atoms with Crippen LogP contribution in [-0.4, -0.2) is 21.0 Å². The number of nitrogens with zero attached hydrogens (tertiary/aromatic N) is 2. The summed E-state index contributed by atoms with van der Waals surface area (Å²) in [6.45, 7) is 0. The number of carbonyl (C=O) groups is 1. The number of nitrogens with one attached hydrogen (secondary N) is 1. The van der Waals surface area contributed by atoms with E-state index in [0.717, 1.165) is 16.2 Å². The normalized spacial score (nSPS) is 11.3. The van der Waals surface area contributed by atoms with Crippen molar-refractivity contribution in [1.82, 2.24) is 4.98 Å². The van der Waals surface area contributed by atoms with Gasteiger partial charge in [0.05, 0.1) is 11.1 Å². The van der Waals surface area contributed by atoms with Crippen molar-refractivity contribution in [3.63, 3.8) is 0 Å². The van der Waals surface area contributed by atoms with Crippen molar-refractivity contribution >= 4 is 62.6 Å². The lowest BCUT2D eigenvalue weighted by molar-refractivity contribution is -0.729. The quantitative estimate of drug-likeness (QED) is 0.481. The molecule has 0 aliphatic rings. The molecule has 0 bridgehead atoms. The highest BCUT2D eigenvalue weighted by atomic mass is 35.5. The lowest BCUT2D eigenvalue weighted by Gasteiger charge is -2.07. The van der Waals surface area contributed by atoms with Crippen LogP contribution in [0.15, 0.2) is 48.0 Å². The maximum Gasteiger partial charge on any atom is 0.316 e. The van der Waals surface area contributed by atoms with E-state index in [4.69, 9.17) is 16.8 Å². The Morgan fingerprint density at radius 1 is 1.28 bits per heavy atom. The van der Waals surface area contributed by atoms with Gasteiger partial charge >= 0.3 is 5.69 Å². The highest BCUT2D eigenvalue weighted by molar-refractivity contribution is 7.19. The van der Waals surface area contributed by atoms with Crippen molar-refractivity contribution in [3.8, 4) is 0 Å². The van der Waals surface area contributed by atoms with Gasteiger partial charge in [0.25, 0.3) is 10.8 Å². The zero-order valence-corrected chi connectivity index (χ0v) is 14.9. The molecule has 0 saturated carbocycles. The van der Waals surface area contributed by atoms with E-state index in [1.165, 1.54) is 29.7 Å². The predicted molar refractivity (Wildman–Crippen MR) is 99.5 cm³/mol. The summed E-state index contributed by atoms with van der Waals surface area (Å²) in [4.78, 5) is 28.3. The summed E-state index contributed by atoms with van der Waals surface area (Å²) in [7, 11) is 0. The highest BCUT2D eigenvalue weighted by Crippen LogP contribution is 2.27. The third kappa shape index (κ3) is 4.30. The number of thiophene rings is 1. The molecule has 126 valence electrons. The van der Waals surface area contributed by atoms with Gasteiger partial charge in [-0.3, -0.25) is 10.1 Å². The van der Waals surface area contributed by atoms with E-state index in [0.29, 0.717) is 20.6 Å². The van der Waals surface area contributed by atoms with E-state index < -0.39 is 0 Å². The first-order valence-electron chi connectivity index (χ1n) is 6.97. The van der Waals surface area contributed by atoms with Gasteiger partial charge in [-0.05, 0) is 35.2 Å². The Labute approximate surface area is 155 Å². The van der Waals surface area contributed by atoms with Crippen LogP contribution < -0.4 is 5.32 Å². The van der Waals surface area contributed by atoms with Crippen molar-refractivity contribution in [2.75, 3.05) is 5.32 Å². The molecule has 2 aromatic heterocycles. The maximum atomic E-state index is 12.7. The fourth-order valence-corrected chi connectivity index (χ4v) is 3.51. The fraction of sp³-hybridized carbons (Fsp3) is 0. The molecule has 25 heavy (non-hydrogen) atoms. The van der Waals surface area contributed by atoms with Crippen molar-refractivity contribution in [1.29, 1.82) is 0 Å². The first kappa shape index (κ1) is 17.3. The maximum absolute atomic E-state index is 12.7. The number of halogens is 1. The summed E-state index contributed by atoms with van der Waals surface area (Å²) in [6, 6.07) is 9.81. The Kier molecular flexibility index (Phi) is 5.22. The van der Waals surface area contributed by atoms with Crippen LogP contribution in [0.25, 0.3) is 11.6 Å². The number of anilines is 1. The molecular weight excluding hydrogens is 382 g/mol. The largest absolute Gasteiger partial charge is 0.316 e. The second-order valence-corrected chi connectivity index (χ2v) is 7.46. The van der Waals surface area contributed by atoms with Crippen LogP contribution in [0.3, 0.4) is 0 Å². The molecule has 0 saturated heterocycles. The minimum absolute atomic E-state index is 0.0753. The van der Waals surface area contributed by atoms with E-state index in [2.05, 4.69) is 10.3 Å². The Bertz CT molecular complexity index is 934. The zero-order valence-electron chi connectivity index (χ0n) is 12.5. The molecule has 3 aromatic rings. The number of aromatic nitrogens is 1. The molecule has 6 nitrogen and oxygen atoms in total. The second kappa shape index (κ2) is 7.56. The van der Waals surface area contributed by atoms with E-state index in [9.17, 15) is 9.70 Å². The zero-order chi connectivity index (χ0) is 17.8. The van der Waals surface area contributed by atoms with E-state index in [1.54, 1.807) is 18.2 Å². The molecule has 0 aliphatic heterocycles. The Morgan fingerprint density at radius 2 is 2.04 bits per heavy atom. The van der Waals surface area contributed by atoms with Crippen molar-refractivity contribution in [2.45, 2.75) is 0 Å². The van der Waals surface area contributed by atoms with E-state index in [1.807, 2.05) is 17.5 Å². The number of hydrogen-bond acceptors (Lipinski definition) is 5. The number of benzene rings is 1. The van der Waals surface area contributed by atoms with Gasteiger partial charge in [-0.25, -0.2) is 10.2 Å². The minimum Gasteiger partial charge on any atom is -0.298 e. The lowest BCUT2D eigenvalue weighted by atomic mass is 10.0. The van der Waals surface area contributed by atoms with E-state index in [-0.39, 0.29) is 16.5 Å².